The Labute approximate surface area is 152 Å². The number of aromatic nitrogens is 4. The summed E-state index contributed by atoms with van der Waals surface area (Å²) in [6.07, 6.45) is 5.29. The van der Waals surface area contributed by atoms with E-state index < -0.39 is 10.0 Å². The Morgan fingerprint density at radius 2 is 2.08 bits per heavy atom. The van der Waals surface area contributed by atoms with Gasteiger partial charge in [0.25, 0.3) is 0 Å². The van der Waals surface area contributed by atoms with E-state index in [0.717, 1.165) is 25.1 Å². The standard InChI is InChI=1S/C15H23ClN6O2S/c1-4-10(2)14-19-13(16)12-9-17-15(20-22(12)14)18-11-5-7-21(8-6-11)25(3,23)24/h9-11H,4-8H2,1-3H3,(H,18,20). The first kappa shape index (κ1) is 18.3. The van der Waals surface area contributed by atoms with Crippen LogP contribution in [0.1, 0.15) is 44.9 Å². The molecule has 0 aromatic carbocycles. The molecular formula is C15H23ClN6O2S. The van der Waals surface area contributed by atoms with Crippen LogP contribution in [-0.2, 0) is 10.0 Å². The second-order valence-corrected chi connectivity index (χ2v) is 8.87. The highest BCUT2D eigenvalue weighted by atomic mass is 35.5. The van der Waals surface area contributed by atoms with Crippen molar-refractivity contribution < 1.29 is 8.42 Å². The summed E-state index contributed by atoms with van der Waals surface area (Å²) in [5, 5.41) is 8.25. The smallest absolute Gasteiger partial charge is 0.241 e. The lowest BCUT2D eigenvalue weighted by Gasteiger charge is -2.30. The van der Waals surface area contributed by atoms with Crippen LogP contribution in [0.3, 0.4) is 0 Å². The fourth-order valence-corrected chi connectivity index (χ4v) is 4.04. The van der Waals surface area contributed by atoms with Gasteiger partial charge in [0, 0.05) is 25.0 Å². The minimum Gasteiger partial charge on any atom is -0.350 e. The minimum absolute atomic E-state index is 0.140. The second kappa shape index (κ2) is 7.05. The van der Waals surface area contributed by atoms with E-state index >= 15 is 0 Å². The Morgan fingerprint density at radius 3 is 2.68 bits per heavy atom. The van der Waals surface area contributed by atoms with Crippen LogP contribution in [0.2, 0.25) is 5.15 Å². The summed E-state index contributed by atoms with van der Waals surface area (Å²) in [4.78, 5) is 8.74. The number of rotatable bonds is 5. The van der Waals surface area contributed by atoms with Gasteiger partial charge in [-0.25, -0.2) is 27.2 Å². The van der Waals surface area contributed by atoms with E-state index in [1.807, 2.05) is 0 Å². The number of nitrogens with one attached hydrogen (secondary N) is 1. The maximum atomic E-state index is 11.6. The van der Waals surface area contributed by atoms with Crippen LogP contribution in [0.25, 0.3) is 5.52 Å². The van der Waals surface area contributed by atoms with E-state index in [2.05, 4.69) is 34.2 Å². The molecule has 138 valence electrons. The molecule has 3 rings (SSSR count). The fraction of sp³-hybridized carbons (Fsp3) is 0.667. The van der Waals surface area contributed by atoms with Crippen molar-refractivity contribution in [3.8, 4) is 0 Å². The van der Waals surface area contributed by atoms with Crippen molar-refractivity contribution in [2.45, 2.75) is 45.1 Å². The van der Waals surface area contributed by atoms with Gasteiger partial charge in [0.2, 0.25) is 16.0 Å². The van der Waals surface area contributed by atoms with Crippen LogP contribution < -0.4 is 5.32 Å². The van der Waals surface area contributed by atoms with Crippen molar-refractivity contribution in [2.75, 3.05) is 24.7 Å². The van der Waals surface area contributed by atoms with Crippen LogP contribution in [0.4, 0.5) is 5.95 Å². The van der Waals surface area contributed by atoms with Crippen LogP contribution in [0.15, 0.2) is 6.20 Å². The molecule has 25 heavy (non-hydrogen) atoms. The van der Waals surface area contributed by atoms with Gasteiger partial charge >= 0.3 is 0 Å². The molecule has 10 heteroatoms. The molecule has 2 aromatic rings. The molecule has 0 radical (unpaired) electrons. The lowest BCUT2D eigenvalue weighted by Crippen LogP contribution is -2.42. The van der Waals surface area contributed by atoms with E-state index in [4.69, 9.17) is 11.6 Å². The number of fused-ring (bicyclic) bond motifs is 1. The van der Waals surface area contributed by atoms with Crippen molar-refractivity contribution in [3.05, 3.63) is 17.2 Å². The van der Waals surface area contributed by atoms with Gasteiger partial charge in [-0.1, -0.05) is 25.4 Å². The Bertz CT molecular complexity index is 860. The second-order valence-electron chi connectivity index (χ2n) is 6.53. The first-order chi connectivity index (χ1) is 11.8. The molecule has 3 heterocycles. The fourth-order valence-electron chi connectivity index (χ4n) is 2.95. The van der Waals surface area contributed by atoms with Crippen LogP contribution in [-0.4, -0.2) is 57.7 Å². The predicted molar refractivity (Wildman–Crippen MR) is 97.6 cm³/mol. The average molecular weight is 387 g/mol. The topological polar surface area (TPSA) is 92.5 Å². The number of halogens is 1. The first-order valence-corrected chi connectivity index (χ1v) is 10.6. The summed E-state index contributed by atoms with van der Waals surface area (Å²) in [6.45, 7) is 5.19. The third-order valence-corrected chi connectivity index (χ3v) is 6.26. The summed E-state index contributed by atoms with van der Waals surface area (Å²) >= 11 is 6.19. The Morgan fingerprint density at radius 1 is 1.40 bits per heavy atom. The zero-order valence-corrected chi connectivity index (χ0v) is 16.2. The number of sulfonamides is 1. The predicted octanol–water partition coefficient (Wildman–Crippen LogP) is 2.13. The first-order valence-electron chi connectivity index (χ1n) is 8.42. The summed E-state index contributed by atoms with van der Waals surface area (Å²) in [5.41, 5.74) is 0.689. The van der Waals surface area contributed by atoms with Gasteiger partial charge in [-0.2, -0.15) is 0 Å². The summed E-state index contributed by atoms with van der Waals surface area (Å²) in [6, 6.07) is 0.140. The molecular weight excluding hydrogens is 364 g/mol. The van der Waals surface area contributed by atoms with E-state index in [9.17, 15) is 8.42 Å². The zero-order chi connectivity index (χ0) is 18.2. The van der Waals surface area contributed by atoms with Crippen LogP contribution in [0, 0.1) is 0 Å². The average Bonchev–Trinajstić information content (AvgIpc) is 2.90. The van der Waals surface area contributed by atoms with Crippen molar-refractivity contribution in [1.29, 1.82) is 0 Å². The highest BCUT2D eigenvalue weighted by Gasteiger charge is 2.25. The van der Waals surface area contributed by atoms with Crippen molar-refractivity contribution in [1.82, 2.24) is 23.9 Å². The molecule has 0 saturated carbocycles. The summed E-state index contributed by atoms with van der Waals surface area (Å²) in [7, 11) is -3.12. The third kappa shape index (κ3) is 3.88. The molecule has 1 aliphatic rings. The largest absolute Gasteiger partial charge is 0.350 e. The molecule has 2 aromatic heterocycles. The molecule has 1 saturated heterocycles. The number of hydrogen-bond donors (Lipinski definition) is 1. The van der Waals surface area contributed by atoms with E-state index in [0.29, 0.717) is 29.7 Å². The number of nitrogens with zero attached hydrogens (tertiary/aromatic N) is 5. The molecule has 8 nitrogen and oxygen atoms in total. The molecule has 1 N–H and O–H groups in total. The molecule has 1 unspecified atom stereocenters. The van der Waals surface area contributed by atoms with Gasteiger partial charge in [-0.15, -0.1) is 5.10 Å². The zero-order valence-electron chi connectivity index (χ0n) is 14.6. The quantitative estimate of drug-likeness (QED) is 0.846. The lowest BCUT2D eigenvalue weighted by molar-refractivity contribution is 0.331. The maximum Gasteiger partial charge on any atom is 0.241 e. The molecule has 1 fully saturated rings. The van der Waals surface area contributed by atoms with Gasteiger partial charge in [-0.05, 0) is 19.3 Å². The van der Waals surface area contributed by atoms with Crippen LogP contribution in [0.5, 0.6) is 0 Å². The van der Waals surface area contributed by atoms with Gasteiger partial charge in [-0.3, -0.25) is 0 Å². The highest BCUT2D eigenvalue weighted by Crippen LogP contribution is 2.24. The molecule has 0 aliphatic carbocycles. The third-order valence-electron chi connectivity index (χ3n) is 4.68. The number of piperidine rings is 1. The number of hydrogen-bond acceptors (Lipinski definition) is 6. The van der Waals surface area contributed by atoms with Crippen molar-refractivity contribution in [3.63, 3.8) is 0 Å². The van der Waals surface area contributed by atoms with E-state index in [-0.39, 0.29) is 12.0 Å². The molecule has 1 aliphatic heterocycles. The monoisotopic (exact) mass is 386 g/mol. The van der Waals surface area contributed by atoms with Crippen molar-refractivity contribution >= 4 is 33.1 Å². The highest BCUT2D eigenvalue weighted by molar-refractivity contribution is 7.88. The van der Waals surface area contributed by atoms with Crippen molar-refractivity contribution in [2.24, 2.45) is 0 Å². The molecule has 0 bridgehead atoms. The molecule has 1 atom stereocenters. The summed E-state index contributed by atoms with van der Waals surface area (Å²) < 4.78 is 26.4. The number of anilines is 1. The van der Waals surface area contributed by atoms with Gasteiger partial charge in [0.15, 0.2) is 5.15 Å². The lowest BCUT2D eigenvalue weighted by atomic mass is 10.1. The Balaban J connectivity index is 1.77. The molecule has 0 amide bonds. The maximum absolute atomic E-state index is 11.6. The van der Waals surface area contributed by atoms with E-state index in [1.165, 1.54) is 10.6 Å². The van der Waals surface area contributed by atoms with Gasteiger partial charge < -0.3 is 5.32 Å². The molecule has 0 spiro atoms. The van der Waals surface area contributed by atoms with Gasteiger partial charge in [0.1, 0.15) is 11.3 Å². The SMILES string of the molecule is CCC(C)c1nc(Cl)c2cnc(NC3CCN(S(C)(=O)=O)CC3)nn12. The number of imidazole rings is 1. The Kier molecular flexibility index (Phi) is 5.17. The van der Waals surface area contributed by atoms with Crippen LogP contribution >= 0.6 is 11.6 Å². The van der Waals surface area contributed by atoms with Gasteiger partial charge in [0.05, 0.1) is 12.5 Å². The normalized spacial score (nSPS) is 18.6. The minimum atomic E-state index is -3.12. The Hall–Kier alpha value is -1.45. The summed E-state index contributed by atoms with van der Waals surface area (Å²) in [5.74, 6) is 1.56. The van der Waals surface area contributed by atoms with E-state index in [1.54, 1.807) is 10.7 Å².